The van der Waals surface area contributed by atoms with Crippen molar-refractivity contribution in [2.45, 2.75) is 6.42 Å². The molecular weight excluding hydrogens is 376 g/mol. The lowest BCUT2D eigenvalue weighted by Crippen LogP contribution is -2.47. The van der Waals surface area contributed by atoms with Gasteiger partial charge in [-0.15, -0.1) is 0 Å². The van der Waals surface area contributed by atoms with Gasteiger partial charge in [-0.25, -0.2) is 4.39 Å². The second-order valence-electron chi connectivity index (χ2n) is 6.24. The Hall–Kier alpha value is -1.82. The minimum Gasteiger partial charge on any atom is -0.367 e. The van der Waals surface area contributed by atoms with Crippen LogP contribution in [0.1, 0.15) is 6.42 Å². The third kappa shape index (κ3) is 5.10. The summed E-state index contributed by atoms with van der Waals surface area (Å²) in [4.78, 5) is 16.4. The van der Waals surface area contributed by atoms with E-state index in [1.807, 2.05) is 11.0 Å². The monoisotopic (exact) mass is 395 g/mol. The molecule has 0 unspecified atom stereocenters. The van der Waals surface area contributed by atoms with Crippen molar-refractivity contribution in [2.24, 2.45) is 0 Å². The number of amides is 1. The molecule has 1 saturated heterocycles. The Morgan fingerprint density at radius 1 is 1.04 bits per heavy atom. The van der Waals surface area contributed by atoms with Gasteiger partial charge in [0.15, 0.2) is 0 Å². The van der Waals surface area contributed by atoms with Crippen molar-refractivity contribution in [1.29, 1.82) is 0 Å². The van der Waals surface area contributed by atoms with Gasteiger partial charge >= 0.3 is 0 Å². The highest BCUT2D eigenvalue weighted by Gasteiger charge is 2.19. The van der Waals surface area contributed by atoms with Crippen LogP contribution in [0.15, 0.2) is 42.5 Å². The molecule has 1 N–H and O–H groups in total. The molecule has 1 fully saturated rings. The molecule has 1 heterocycles. The number of hydrogen-bond donors (Lipinski definition) is 1. The van der Waals surface area contributed by atoms with Gasteiger partial charge in [0.25, 0.3) is 0 Å². The maximum atomic E-state index is 13.9. The van der Waals surface area contributed by atoms with E-state index in [0.717, 1.165) is 26.2 Å². The van der Waals surface area contributed by atoms with E-state index in [2.05, 4.69) is 10.2 Å². The van der Waals surface area contributed by atoms with Crippen molar-refractivity contribution in [2.75, 3.05) is 42.9 Å². The molecule has 0 atom stereocenters. The van der Waals surface area contributed by atoms with Crippen LogP contribution >= 0.6 is 23.2 Å². The number of nitrogens with one attached hydrogen (secondary N) is 1. The fourth-order valence-corrected chi connectivity index (χ4v) is 3.56. The minimum absolute atomic E-state index is 0.0835. The van der Waals surface area contributed by atoms with E-state index in [1.54, 1.807) is 30.3 Å². The number of hydrogen-bond acceptors (Lipinski definition) is 3. The van der Waals surface area contributed by atoms with Gasteiger partial charge < -0.3 is 10.2 Å². The minimum atomic E-state index is -0.194. The third-order valence-electron chi connectivity index (χ3n) is 4.37. The van der Waals surface area contributed by atoms with E-state index >= 15 is 0 Å². The molecule has 26 heavy (non-hydrogen) atoms. The lowest BCUT2D eigenvalue weighted by molar-refractivity contribution is -0.116. The maximum absolute atomic E-state index is 13.9. The van der Waals surface area contributed by atoms with Crippen LogP contribution in [0.25, 0.3) is 0 Å². The van der Waals surface area contributed by atoms with Crippen molar-refractivity contribution < 1.29 is 9.18 Å². The Morgan fingerprint density at radius 3 is 2.35 bits per heavy atom. The average molecular weight is 396 g/mol. The van der Waals surface area contributed by atoms with Gasteiger partial charge in [0.1, 0.15) is 5.82 Å². The van der Waals surface area contributed by atoms with Crippen LogP contribution in [0.4, 0.5) is 15.8 Å². The smallest absolute Gasteiger partial charge is 0.225 e. The zero-order chi connectivity index (χ0) is 18.5. The first kappa shape index (κ1) is 19.0. The topological polar surface area (TPSA) is 35.6 Å². The molecule has 0 aromatic heterocycles. The summed E-state index contributed by atoms with van der Waals surface area (Å²) in [6.07, 6.45) is 0.379. The molecule has 7 heteroatoms. The summed E-state index contributed by atoms with van der Waals surface area (Å²) in [6, 6.07) is 11.8. The zero-order valence-electron chi connectivity index (χ0n) is 14.2. The molecule has 2 aromatic carbocycles. The lowest BCUT2D eigenvalue weighted by atomic mass is 10.2. The van der Waals surface area contributed by atoms with Crippen LogP contribution in [0.5, 0.6) is 0 Å². The van der Waals surface area contributed by atoms with Crippen LogP contribution in [0, 0.1) is 5.82 Å². The fraction of sp³-hybridized carbons (Fsp3) is 0.316. The molecule has 0 spiro atoms. The van der Waals surface area contributed by atoms with E-state index in [-0.39, 0.29) is 11.7 Å². The highest BCUT2D eigenvalue weighted by atomic mass is 35.5. The van der Waals surface area contributed by atoms with Crippen LogP contribution < -0.4 is 10.2 Å². The van der Waals surface area contributed by atoms with E-state index in [0.29, 0.717) is 34.4 Å². The number of rotatable bonds is 5. The molecule has 138 valence electrons. The van der Waals surface area contributed by atoms with E-state index < -0.39 is 0 Å². The first-order valence-electron chi connectivity index (χ1n) is 8.49. The summed E-state index contributed by atoms with van der Waals surface area (Å²) in [5, 5.41) is 3.78. The molecule has 0 bridgehead atoms. The Morgan fingerprint density at radius 2 is 1.69 bits per heavy atom. The maximum Gasteiger partial charge on any atom is 0.225 e. The normalized spacial score (nSPS) is 15.1. The van der Waals surface area contributed by atoms with Crippen molar-refractivity contribution in [3.05, 3.63) is 58.3 Å². The van der Waals surface area contributed by atoms with Crippen LogP contribution in [-0.2, 0) is 4.79 Å². The predicted octanol–water partition coefficient (Wildman–Crippen LogP) is 4.28. The van der Waals surface area contributed by atoms with Crippen molar-refractivity contribution in [3.8, 4) is 0 Å². The Bertz CT molecular complexity index is 759. The van der Waals surface area contributed by atoms with Gasteiger partial charge in [-0.3, -0.25) is 9.69 Å². The van der Waals surface area contributed by atoms with Gasteiger partial charge in [0.05, 0.1) is 5.69 Å². The number of nitrogens with zero attached hydrogens (tertiary/aromatic N) is 2. The molecule has 1 aliphatic rings. The van der Waals surface area contributed by atoms with Crippen molar-refractivity contribution in [1.82, 2.24) is 4.90 Å². The van der Waals surface area contributed by atoms with Crippen molar-refractivity contribution in [3.63, 3.8) is 0 Å². The van der Waals surface area contributed by atoms with E-state index in [1.165, 1.54) is 6.07 Å². The summed E-state index contributed by atoms with van der Waals surface area (Å²) in [5.41, 5.74) is 1.24. The molecule has 1 aliphatic heterocycles. The molecular formula is C19H20Cl2FN3O. The summed E-state index contributed by atoms with van der Waals surface area (Å²) >= 11 is 11.9. The van der Waals surface area contributed by atoms with Gasteiger partial charge in [0, 0.05) is 54.9 Å². The number of benzene rings is 2. The predicted molar refractivity (Wildman–Crippen MR) is 105 cm³/mol. The van der Waals surface area contributed by atoms with Gasteiger partial charge in [-0.2, -0.15) is 0 Å². The Balaban J connectivity index is 1.45. The summed E-state index contributed by atoms with van der Waals surface area (Å²) in [6.45, 7) is 3.74. The first-order chi connectivity index (χ1) is 12.5. The second kappa shape index (κ2) is 8.71. The molecule has 4 nitrogen and oxygen atoms in total. The van der Waals surface area contributed by atoms with Crippen molar-refractivity contribution >= 4 is 40.5 Å². The molecule has 0 aliphatic carbocycles. The van der Waals surface area contributed by atoms with E-state index in [9.17, 15) is 9.18 Å². The summed E-state index contributed by atoms with van der Waals surface area (Å²) < 4.78 is 13.9. The van der Waals surface area contributed by atoms with Gasteiger partial charge in [0.2, 0.25) is 5.91 Å². The quantitative estimate of drug-likeness (QED) is 0.820. The Kier molecular flexibility index (Phi) is 6.35. The first-order valence-corrected chi connectivity index (χ1v) is 9.24. The third-order valence-corrected chi connectivity index (χ3v) is 4.80. The van der Waals surface area contributed by atoms with Gasteiger partial charge in [-0.1, -0.05) is 35.3 Å². The SMILES string of the molecule is O=C(CCN1CCN(c2ccccc2F)CC1)Nc1cc(Cl)cc(Cl)c1. The molecule has 1 amide bonds. The largest absolute Gasteiger partial charge is 0.367 e. The fourth-order valence-electron chi connectivity index (χ4n) is 3.03. The highest BCUT2D eigenvalue weighted by molar-refractivity contribution is 6.35. The van der Waals surface area contributed by atoms with Crippen LogP contribution in [0.2, 0.25) is 10.0 Å². The standard InChI is InChI=1S/C19H20Cl2FN3O/c20-14-11-15(21)13-16(12-14)23-19(26)5-6-24-7-9-25(10-8-24)18-4-2-1-3-17(18)22/h1-4,11-13H,5-10H2,(H,23,26). The molecule has 0 radical (unpaired) electrons. The number of para-hydroxylation sites is 1. The average Bonchev–Trinajstić information content (AvgIpc) is 2.60. The molecule has 2 aromatic rings. The summed E-state index contributed by atoms with van der Waals surface area (Å²) in [7, 11) is 0. The molecule has 0 saturated carbocycles. The number of halogens is 3. The van der Waals surface area contributed by atoms with Crippen LogP contribution in [-0.4, -0.2) is 43.5 Å². The number of piperazine rings is 1. The highest BCUT2D eigenvalue weighted by Crippen LogP contribution is 2.23. The lowest BCUT2D eigenvalue weighted by Gasteiger charge is -2.36. The number of anilines is 2. The summed E-state index contributed by atoms with van der Waals surface area (Å²) in [5.74, 6) is -0.277. The van der Waals surface area contributed by atoms with Gasteiger partial charge in [-0.05, 0) is 30.3 Å². The number of carbonyl (C=O) groups excluding carboxylic acids is 1. The molecule has 3 rings (SSSR count). The number of carbonyl (C=O) groups is 1. The second-order valence-corrected chi connectivity index (χ2v) is 7.11. The van der Waals surface area contributed by atoms with E-state index in [4.69, 9.17) is 23.2 Å². The Labute approximate surface area is 162 Å². The zero-order valence-corrected chi connectivity index (χ0v) is 15.7. The van der Waals surface area contributed by atoms with Crippen LogP contribution in [0.3, 0.4) is 0 Å².